The molecule has 0 aliphatic carbocycles. The van der Waals surface area contributed by atoms with Gasteiger partial charge in [0, 0.05) is 13.0 Å². The first-order valence-electron chi connectivity index (χ1n) is 7.03. The number of aromatic nitrogens is 2. The van der Waals surface area contributed by atoms with Crippen LogP contribution in [-0.2, 0) is 19.9 Å². The normalized spacial score (nSPS) is 12.7. The molecule has 0 radical (unpaired) electrons. The molecule has 0 amide bonds. The van der Waals surface area contributed by atoms with Gasteiger partial charge >= 0.3 is 0 Å². The molecule has 0 spiro atoms. The molecule has 1 aromatic heterocycles. The van der Waals surface area contributed by atoms with E-state index in [4.69, 9.17) is 17.3 Å². The minimum Gasteiger partial charge on any atom is -0.330 e. The average Bonchev–Trinajstić information content (AvgIpc) is 2.72. The van der Waals surface area contributed by atoms with Crippen LogP contribution >= 0.6 is 11.6 Å². The van der Waals surface area contributed by atoms with Crippen LogP contribution in [0, 0.1) is 6.92 Å². The van der Waals surface area contributed by atoms with Gasteiger partial charge in [0.1, 0.15) is 0 Å². The zero-order valence-electron chi connectivity index (χ0n) is 12.4. The maximum atomic E-state index is 6.42. The molecule has 1 aromatic carbocycles. The third kappa shape index (κ3) is 3.05. The monoisotopic (exact) mass is 291 g/mol. The fourth-order valence-electron chi connectivity index (χ4n) is 2.45. The summed E-state index contributed by atoms with van der Waals surface area (Å²) in [7, 11) is 1.95. The Balaban J connectivity index is 2.26. The van der Waals surface area contributed by atoms with Gasteiger partial charge in [-0.2, -0.15) is 5.10 Å². The summed E-state index contributed by atoms with van der Waals surface area (Å²) in [5.74, 6) is 0.271. The van der Waals surface area contributed by atoms with Gasteiger partial charge in [0.2, 0.25) is 0 Å². The second-order valence-electron chi connectivity index (χ2n) is 5.23. The van der Waals surface area contributed by atoms with Gasteiger partial charge < -0.3 is 5.73 Å². The van der Waals surface area contributed by atoms with Crippen LogP contribution in [0.4, 0.5) is 0 Å². The van der Waals surface area contributed by atoms with E-state index in [1.165, 1.54) is 11.1 Å². The number of rotatable bonds is 5. The second kappa shape index (κ2) is 6.42. The first-order valence-corrected chi connectivity index (χ1v) is 7.41. The Labute approximate surface area is 125 Å². The topological polar surface area (TPSA) is 43.8 Å². The summed E-state index contributed by atoms with van der Waals surface area (Å²) in [6, 6.07) is 8.55. The van der Waals surface area contributed by atoms with Gasteiger partial charge in [0.05, 0.1) is 16.4 Å². The average molecular weight is 292 g/mol. The molecule has 4 heteroatoms. The van der Waals surface area contributed by atoms with E-state index in [-0.39, 0.29) is 5.92 Å². The highest BCUT2D eigenvalue weighted by Gasteiger charge is 2.18. The Morgan fingerprint density at radius 1 is 1.30 bits per heavy atom. The third-order valence-electron chi connectivity index (χ3n) is 3.78. The van der Waals surface area contributed by atoms with Crippen molar-refractivity contribution in [1.82, 2.24) is 9.78 Å². The van der Waals surface area contributed by atoms with Crippen LogP contribution in [0.1, 0.15) is 35.4 Å². The number of aryl methyl sites for hydroxylation is 3. The largest absolute Gasteiger partial charge is 0.330 e. The summed E-state index contributed by atoms with van der Waals surface area (Å²) in [5, 5.41) is 5.26. The van der Waals surface area contributed by atoms with E-state index in [1.54, 1.807) is 0 Å². The van der Waals surface area contributed by atoms with Crippen LogP contribution in [0.3, 0.4) is 0 Å². The first-order chi connectivity index (χ1) is 9.56. The smallest absolute Gasteiger partial charge is 0.0849 e. The second-order valence-corrected chi connectivity index (χ2v) is 5.61. The highest BCUT2D eigenvalue weighted by Crippen LogP contribution is 2.27. The lowest BCUT2D eigenvalue weighted by atomic mass is 9.93. The van der Waals surface area contributed by atoms with E-state index in [0.29, 0.717) is 6.54 Å². The van der Waals surface area contributed by atoms with Crippen molar-refractivity contribution in [3.05, 3.63) is 51.8 Å². The molecule has 20 heavy (non-hydrogen) atoms. The van der Waals surface area contributed by atoms with Crippen molar-refractivity contribution in [2.45, 2.75) is 32.6 Å². The van der Waals surface area contributed by atoms with Crippen molar-refractivity contribution in [1.29, 1.82) is 0 Å². The molecule has 1 unspecified atom stereocenters. The van der Waals surface area contributed by atoms with Crippen LogP contribution in [0.15, 0.2) is 24.3 Å². The number of hydrogen-bond donors (Lipinski definition) is 1. The summed E-state index contributed by atoms with van der Waals surface area (Å²) in [6.07, 6.45) is 1.67. The van der Waals surface area contributed by atoms with Gasteiger partial charge in [-0.25, -0.2) is 0 Å². The summed E-state index contributed by atoms with van der Waals surface area (Å²) in [4.78, 5) is 0. The van der Waals surface area contributed by atoms with Crippen molar-refractivity contribution in [2.75, 3.05) is 6.54 Å². The number of hydrogen-bond acceptors (Lipinski definition) is 2. The van der Waals surface area contributed by atoms with Crippen molar-refractivity contribution in [3.63, 3.8) is 0 Å². The fraction of sp³-hybridized carbons (Fsp3) is 0.438. The van der Waals surface area contributed by atoms with Crippen molar-refractivity contribution < 1.29 is 0 Å². The predicted octanol–water partition coefficient (Wildman–Crippen LogP) is 3.23. The quantitative estimate of drug-likeness (QED) is 0.919. The van der Waals surface area contributed by atoms with Crippen molar-refractivity contribution in [3.8, 4) is 0 Å². The van der Waals surface area contributed by atoms with Crippen LogP contribution in [0.25, 0.3) is 0 Å². The SMILES string of the molecule is CCc1nn(C)c(CC(CN)c2ccc(C)cc2)c1Cl. The molecule has 108 valence electrons. The Hall–Kier alpha value is -1.32. The Bertz CT molecular complexity index is 572. The van der Waals surface area contributed by atoms with Gasteiger partial charge in [-0.05, 0) is 31.9 Å². The highest BCUT2D eigenvalue weighted by atomic mass is 35.5. The van der Waals surface area contributed by atoms with Crippen LogP contribution in [-0.4, -0.2) is 16.3 Å². The Morgan fingerprint density at radius 2 is 1.95 bits per heavy atom. The molecule has 2 aromatic rings. The number of halogens is 1. The minimum atomic E-state index is 0.271. The van der Waals surface area contributed by atoms with E-state index in [9.17, 15) is 0 Å². The molecule has 0 aliphatic heterocycles. The Morgan fingerprint density at radius 3 is 2.45 bits per heavy atom. The number of nitrogens with two attached hydrogens (primary N) is 1. The summed E-state index contributed by atoms with van der Waals surface area (Å²) < 4.78 is 1.89. The standard InChI is InChI=1S/C16H22ClN3/c1-4-14-16(17)15(20(3)19-14)9-13(10-18)12-7-5-11(2)6-8-12/h5-8,13H,4,9-10,18H2,1-3H3. The molecule has 1 heterocycles. The van der Waals surface area contributed by atoms with Crippen molar-refractivity contribution in [2.24, 2.45) is 12.8 Å². The van der Waals surface area contributed by atoms with E-state index in [0.717, 1.165) is 29.3 Å². The molecule has 0 aliphatic rings. The molecule has 0 saturated carbocycles. The molecule has 3 nitrogen and oxygen atoms in total. The minimum absolute atomic E-state index is 0.271. The molecular weight excluding hydrogens is 270 g/mol. The van der Waals surface area contributed by atoms with Crippen LogP contribution in [0.5, 0.6) is 0 Å². The highest BCUT2D eigenvalue weighted by molar-refractivity contribution is 6.31. The maximum absolute atomic E-state index is 6.42. The zero-order chi connectivity index (χ0) is 14.7. The van der Waals surface area contributed by atoms with Gasteiger partial charge in [0.25, 0.3) is 0 Å². The van der Waals surface area contributed by atoms with Crippen LogP contribution in [0.2, 0.25) is 5.02 Å². The molecular formula is C16H22ClN3. The molecule has 2 rings (SSSR count). The molecule has 0 fully saturated rings. The molecule has 0 bridgehead atoms. The molecule has 0 saturated heterocycles. The van der Waals surface area contributed by atoms with E-state index in [2.05, 4.69) is 43.2 Å². The van der Waals surface area contributed by atoms with E-state index >= 15 is 0 Å². The molecule has 1 atom stereocenters. The molecule has 2 N–H and O–H groups in total. The predicted molar refractivity (Wildman–Crippen MR) is 84.3 cm³/mol. The lowest BCUT2D eigenvalue weighted by Crippen LogP contribution is -2.16. The summed E-state index contributed by atoms with van der Waals surface area (Å²) >= 11 is 6.42. The van der Waals surface area contributed by atoms with Gasteiger partial charge in [-0.3, -0.25) is 4.68 Å². The van der Waals surface area contributed by atoms with Gasteiger partial charge in [0.15, 0.2) is 0 Å². The van der Waals surface area contributed by atoms with Crippen molar-refractivity contribution >= 4 is 11.6 Å². The van der Waals surface area contributed by atoms with Crippen LogP contribution < -0.4 is 5.73 Å². The summed E-state index contributed by atoms with van der Waals surface area (Å²) in [5.41, 5.74) is 10.5. The first kappa shape index (κ1) is 15.1. The van der Waals surface area contributed by atoms with Gasteiger partial charge in [-0.1, -0.05) is 48.4 Å². The van der Waals surface area contributed by atoms with Gasteiger partial charge in [-0.15, -0.1) is 0 Å². The number of benzene rings is 1. The lowest BCUT2D eigenvalue weighted by molar-refractivity contribution is 0.628. The number of nitrogens with zero attached hydrogens (tertiary/aromatic N) is 2. The van der Waals surface area contributed by atoms with E-state index < -0.39 is 0 Å². The van der Waals surface area contributed by atoms with E-state index in [1.807, 2.05) is 11.7 Å². The zero-order valence-corrected chi connectivity index (χ0v) is 13.1. The Kier molecular flexibility index (Phi) is 4.84. The summed E-state index contributed by atoms with van der Waals surface area (Å²) in [6.45, 7) is 4.76. The third-order valence-corrected chi connectivity index (χ3v) is 4.21. The fourth-order valence-corrected chi connectivity index (χ4v) is 2.82. The lowest BCUT2D eigenvalue weighted by Gasteiger charge is -2.16. The maximum Gasteiger partial charge on any atom is 0.0849 e.